The van der Waals surface area contributed by atoms with E-state index in [9.17, 15) is 0 Å². The van der Waals surface area contributed by atoms with Crippen LogP contribution in [0.4, 0.5) is 17.3 Å². The Balaban J connectivity index is 2.23. The van der Waals surface area contributed by atoms with Crippen LogP contribution >= 0.6 is 27.7 Å². The van der Waals surface area contributed by atoms with Gasteiger partial charge in [0.1, 0.15) is 11.6 Å². The fourth-order valence-electron chi connectivity index (χ4n) is 1.74. The van der Waals surface area contributed by atoms with Gasteiger partial charge in [-0.05, 0) is 37.3 Å². The number of thioether (sulfide) groups is 1. The molecule has 2 aromatic rings. The second-order valence-corrected chi connectivity index (χ2v) is 6.27. The molecule has 1 heterocycles. The molecule has 0 bridgehead atoms. The number of halogens is 1. The van der Waals surface area contributed by atoms with Crippen molar-refractivity contribution >= 4 is 45.0 Å². The maximum atomic E-state index is 4.49. The van der Waals surface area contributed by atoms with E-state index in [1.165, 1.54) is 17.3 Å². The van der Waals surface area contributed by atoms with Crippen molar-refractivity contribution < 1.29 is 0 Å². The molecule has 21 heavy (non-hydrogen) atoms. The number of nitrogens with one attached hydrogen (secondary N) is 2. The molecule has 4 nitrogen and oxygen atoms in total. The molecule has 0 fully saturated rings. The van der Waals surface area contributed by atoms with Crippen LogP contribution in [0.1, 0.15) is 18.9 Å². The minimum absolute atomic E-state index is 0.754. The lowest BCUT2D eigenvalue weighted by Gasteiger charge is -2.11. The summed E-state index contributed by atoms with van der Waals surface area (Å²) in [7, 11) is 0. The van der Waals surface area contributed by atoms with Crippen LogP contribution in [0.15, 0.2) is 33.9 Å². The third kappa shape index (κ3) is 4.61. The SMILES string of the molecule is CCCNc1cc(Nc2ccc(C)c(Br)c2)nc(SC)n1. The first kappa shape index (κ1) is 16.1. The molecule has 2 N–H and O–H groups in total. The van der Waals surface area contributed by atoms with Gasteiger partial charge in [-0.15, -0.1) is 0 Å². The Labute approximate surface area is 138 Å². The molecule has 0 aliphatic carbocycles. The maximum Gasteiger partial charge on any atom is 0.191 e. The summed E-state index contributed by atoms with van der Waals surface area (Å²) >= 11 is 5.08. The number of benzene rings is 1. The summed E-state index contributed by atoms with van der Waals surface area (Å²) in [6, 6.07) is 8.10. The van der Waals surface area contributed by atoms with E-state index >= 15 is 0 Å². The molecule has 1 aromatic heterocycles. The van der Waals surface area contributed by atoms with Crippen LogP contribution in [0.5, 0.6) is 0 Å². The van der Waals surface area contributed by atoms with Crippen molar-refractivity contribution in [3.8, 4) is 0 Å². The van der Waals surface area contributed by atoms with Crippen LogP contribution < -0.4 is 10.6 Å². The Morgan fingerprint density at radius 2 is 1.95 bits per heavy atom. The summed E-state index contributed by atoms with van der Waals surface area (Å²) in [6.45, 7) is 5.10. The Hall–Kier alpha value is -1.27. The van der Waals surface area contributed by atoms with Gasteiger partial charge in [-0.25, -0.2) is 9.97 Å². The van der Waals surface area contributed by atoms with E-state index in [0.717, 1.165) is 39.9 Å². The van der Waals surface area contributed by atoms with Crippen LogP contribution in [-0.4, -0.2) is 22.8 Å². The zero-order chi connectivity index (χ0) is 15.2. The number of rotatable bonds is 6. The van der Waals surface area contributed by atoms with Crippen LogP contribution in [-0.2, 0) is 0 Å². The third-order valence-corrected chi connectivity index (χ3v) is 4.29. The summed E-state index contributed by atoms with van der Waals surface area (Å²) < 4.78 is 1.08. The number of aromatic nitrogens is 2. The molecular formula is C15H19BrN4S. The standard InChI is InChI=1S/C15H19BrN4S/c1-4-7-17-13-9-14(20-15(19-13)21-3)18-11-6-5-10(2)12(16)8-11/h5-6,8-9H,4,7H2,1-3H3,(H2,17,18,19,20). The Morgan fingerprint density at radius 3 is 2.62 bits per heavy atom. The number of anilines is 3. The van der Waals surface area contributed by atoms with Gasteiger partial charge in [0.05, 0.1) is 0 Å². The Morgan fingerprint density at radius 1 is 1.19 bits per heavy atom. The molecule has 0 atom stereocenters. The van der Waals surface area contributed by atoms with Gasteiger partial charge in [-0.1, -0.05) is 40.7 Å². The molecule has 0 aliphatic rings. The van der Waals surface area contributed by atoms with E-state index in [2.05, 4.69) is 62.5 Å². The molecule has 112 valence electrons. The van der Waals surface area contributed by atoms with Gasteiger partial charge in [0, 0.05) is 22.8 Å². The largest absolute Gasteiger partial charge is 0.370 e. The topological polar surface area (TPSA) is 49.8 Å². The molecule has 6 heteroatoms. The monoisotopic (exact) mass is 366 g/mol. The minimum atomic E-state index is 0.754. The van der Waals surface area contributed by atoms with Crippen LogP contribution in [0.3, 0.4) is 0 Å². The van der Waals surface area contributed by atoms with E-state index in [-0.39, 0.29) is 0 Å². The molecule has 0 amide bonds. The summed E-state index contributed by atoms with van der Waals surface area (Å²) in [5.41, 5.74) is 2.21. The lowest BCUT2D eigenvalue weighted by molar-refractivity contribution is 0.929. The number of nitrogens with zero attached hydrogens (tertiary/aromatic N) is 2. The van der Waals surface area contributed by atoms with Gasteiger partial charge < -0.3 is 10.6 Å². The van der Waals surface area contributed by atoms with Crippen molar-refractivity contribution in [2.24, 2.45) is 0 Å². The second kappa shape index (κ2) is 7.66. The Bertz CT molecular complexity index is 619. The zero-order valence-corrected chi connectivity index (χ0v) is 14.8. The highest BCUT2D eigenvalue weighted by molar-refractivity contribution is 9.10. The molecule has 1 aromatic carbocycles. The van der Waals surface area contributed by atoms with E-state index in [1.54, 1.807) is 0 Å². The van der Waals surface area contributed by atoms with Gasteiger partial charge in [0.15, 0.2) is 5.16 Å². The molecule has 0 saturated heterocycles. The first-order valence-electron chi connectivity index (χ1n) is 6.82. The third-order valence-electron chi connectivity index (χ3n) is 2.89. The predicted molar refractivity (Wildman–Crippen MR) is 94.8 cm³/mol. The Kier molecular flexibility index (Phi) is 5.87. The normalized spacial score (nSPS) is 10.5. The quantitative estimate of drug-likeness (QED) is 0.565. The lowest BCUT2D eigenvalue weighted by atomic mass is 10.2. The highest BCUT2D eigenvalue weighted by Crippen LogP contribution is 2.25. The average molecular weight is 367 g/mol. The summed E-state index contributed by atoms with van der Waals surface area (Å²) in [6.07, 6.45) is 3.04. The van der Waals surface area contributed by atoms with Crippen molar-refractivity contribution in [1.29, 1.82) is 0 Å². The summed E-state index contributed by atoms with van der Waals surface area (Å²) in [5.74, 6) is 1.65. The van der Waals surface area contributed by atoms with Crippen molar-refractivity contribution in [2.45, 2.75) is 25.4 Å². The molecular weight excluding hydrogens is 348 g/mol. The van der Waals surface area contributed by atoms with Crippen molar-refractivity contribution in [3.05, 3.63) is 34.3 Å². The summed E-state index contributed by atoms with van der Waals surface area (Å²) in [4.78, 5) is 8.95. The maximum absolute atomic E-state index is 4.49. The van der Waals surface area contributed by atoms with Gasteiger partial charge >= 0.3 is 0 Å². The van der Waals surface area contributed by atoms with Crippen molar-refractivity contribution in [1.82, 2.24) is 9.97 Å². The van der Waals surface area contributed by atoms with E-state index in [1.807, 2.05) is 18.4 Å². The van der Waals surface area contributed by atoms with Gasteiger partial charge in [-0.2, -0.15) is 0 Å². The van der Waals surface area contributed by atoms with Gasteiger partial charge in [-0.3, -0.25) is 0 Å². The van der Waals surface area contributed by atoms with Crippen LogP contribution in [0, 0.1) is 6.92 Å². The molecule has 0 spiro atoms. The highest BCUT2D eigenvalue weighted by atomic mass is 79.9. The highest BCUT2D eigenvalue weighted by Gasteiger charge is 2.05. The first-order chi connectivity index (χ1) is 10.1. The fraction of sp³-hybridized carbons (Fsp3) is 0.333. The van der Waals surface area contributed by atoms with E-state index < -0.39 is 0 Å². The second-order valence-electron chi connectivity index (χ2n) is 4.64. The zero-order valence-electron chi connectivity index (χ0n) is 12.4. The number of hydrogen-bond acceptors (Lipinski definition) is 5. The lowest BCUT2D eigenvalue weighted by Crippen LogP contribution is -2.05. The molecule has 0 radical (unpaired) electrons. The summed E-state index contributed by atoms with van der Waals surface area (Å²) in [5, 5.41) is 7.39. The average Bonchev–Trinajstić information content (AvgIpc) is 2.48. The van der Waals surface area contributed by atoms with E-state index in [4.69, 9.17) is 0 Å². The van der Waals surface area contributed by atoms with Crippen molar-refractivity contribution in [3.63, 3.8) is 0 Å². The van der Waals surface area contributed by atoms with Crippen molar-refractivity contribution in [2.75, 3.05) is 23.4 Å². The van der Waals surface area contributed by atoms with Gasteiger partial charge in [0.25, 0.3) is 0 Å². The van der Waals surface area contributed by atoms with E-state index in [0.29, 0.717) is 0 Å². The fourth-order valence-corrected chi connectivity index (χ4v) is 2.50. The molecule has 2 rings (SSSR count). The first-order valence-corrected chi connectivity index (χ1v) is 8.84. The van der Waals surface area contributed by atoms with Gasteiger partial charge in [0.2, 0.25) is 0 Å². The minimum Gasteiger partial charge on any atom is -0.370 e. The predicted octanol–water partition coefficient (Wildman–Crippen LogP) is 4.83. The van der Waals surface area contributed by atoms with Crippen LogP contribution in [0.25, 0.3) is 0 Å². The molecule has 0 aliphatic heterocycles. The van der Waals surface area contributed by atoms with Crippen LogP contribution in [0.2, 0.25) is 0 Å². The molecule has 0 saturated carbocycles. The molecule has 0 unspecified atom stereocenters. The smallest absolute Gasteiger partial charge is 0.191 e. The number of hydrogen-bond donors (Lipinski definition) is 2. The number of aryl methyl sites for hydroxylation is 1.